The van der Waals surface area contributed by atoms with E-state index in [2.05, 4.69) is 4.98 Å². The Morgan fingerprint density at radius 3 is 2.53 bits per heavy atom. The fourth-order valence-corrected chi connectivity index (χ4v) is 1.92. The molecule has 2 heterocycles. The molecule has 3 heteroatoms. The van der Waals surface area contributed by atoms with E-state index in [1.165, 1.54) is 12.3 Å². The molecule has 0 N–H and O–H groups in total. The SMILES string of the molecule is O=c1ccnc2cccc(-c3ccccc3)n12. The topological polar surface area (TPSA) is 34.4 Å². The Morgan fingerprint density at radius 1 is 0.882 bits per heavy atom. The molecule has 0 amide bonds. The van der Waals surface area contributed by atoms with Crippen LogP contribution in [0.3, 0.4) is 0 Å². The molecule has 0 saturated carbocycles. The van der Waals surface area contributed by atoms with Crippen molar-refractivity contribution in [1.82, 2.24) is 9.38 Å². The average molecular weight is 222 g/mol. The molecular weight excluding hydrogens is 212 g/mol. The van der Waals surface area contributed by atoms with Crippen LogP contribution in [0.4, 0.5) is 0 Å². The highest BCUT2D eigenvalue weighted by Gasteiger charge is 2.04. The molecule has 17 heavy (non-hydrogen) atoms. The lowest BCUT2D eigenvalue weighted by atomic mass is 10.1. The van der Waals surface area contributed by atoms with Gasteiger partial charge in [0.05, 0.1) is 5.69 Å². The second-order valence-corrected chi connectivity index (χ2v) is 3.75. The maximum Gasteiger partial charge on any atom is 0.258 e. The number of hydrogen-bond acceptors (Lipinski definition) is 2. The van der Waals surface area contributed by atoms with Crippen LogP contribution in [0.2, 0.25) is 0 Å². The van der Waals surface area contributed by atoms with Crippen LogP contribution < -0.4 is 5.56 Å². The van der Waals surface area contributed by atoms with Gasteiger partial charge in [0.25, 0.3) is 5.56 Å². The van der Waals surface area contributed by atoms with Crippen LogP contribution in [0.5, 0.6) is 0 Å². The van der Waals surface area contributed by atoms with Crippen molar-refractivity contribution in [3.8, 4) is 11.3 Å². The third-order valence-corrected chi connectivity index (χ3v) is 2.68. The smallest absolute Gasteiger partial charge is 0.258 e. The van der Waals surface area contributed by atoms with Crippen molar-refractivity contribution in [3.05, 3.63) is 71.1 Å². The molecule has 82 valence electrons. The number of fused-ring (bicyclic) bond motifs is 1. The fraction of sp³-hybridized carbons (Fsp3) is 0. The molecule has 0 bridgehead atoms. The Kier molecular flexibility index (Phi) is 2.22. The van der Waals surface area contributed by atoms with Crippen LogP contribution >= 0.6 is 0 Å². The number of aromatic nitrogens is 2. The standard InChI is InChI=1S/C14H10N2O/c17-14-9-10-15-13-8-4-7-12(16(13)14)11-5-2-1-3-6-11/h1-10H. The summed E-state index contributed by atoms with van der Waals surface area (Å²) in [5, 5.41) is 0. The Labute approximate surface area is 98.0 Å². The van der Waals surface area contributed by atoms with E-state index in [4.69, 9.17) is 0 Å². The lowest BCUT2D eigenvalue weighted by Crippen LogP contribution is -2.14. The summed E-state index contributed by atoms with van der Waals surface area (Å²) in [4.78, 5) is 16.1. The normalized spacial score (nSPS) is 10.6. The van der Waals surface area contributed by atoms with Gasteiger partial charge in [-0.3, -0.25) is 9.20 Å². The molecule has 0 atom stereocenters. The molecular formula is C14H10N2O. The molecule has 0 aliphatic rings. The van der Waals surface area contributed by atoms with Crippen LogP contribution in [-0.2, 0) is 0 Å². The van der Waals surface area contributed by atoms with E-state index in [-0.39, 0.29) is 5.56 Å². The second kappa shape index (κ2) is 3.87. The third-order valence-electron chi connectivity index (χ3n) is 2.68. The quantitative estimate of drug-likeness (QED) is 0.633. The zero-order chi connectivity index (χ0) is 11.7. The Bertz CT molecular complexity index is 712. The summed E-state index contributed by atoms with van der Waals surface area (Å²) in [6.45, 7) is 0. The number of hydrogen-bond donors (Lipinski definition) is 0. The van der Waals surface area contributed by atoms with Crippen molar-refractivity contribution < 1.29 is 0 Å². The molecule has 0 saturated heterocycles. The van der Waals surface area contributed by atoms with Crippen molar-refractivity contribution >= 4 is 5.65 Å². The predicted molar refractivity (Wildman–Crippen MR) is 66.9 cm³/mol. The van der Waals surface area contributed by atoms with Gasteiger partial charge >= 0.3 is 0 Å². The van der Waals surface area contributed by atoms with Crippen molar-refractivity contribution in [2.45, 2.75) is 0 Å². The minimum Gasteiger partial charge on any atom is -0.269 e. The van der Waals surface area contributed by atoms with Crippen LogP contribution in [0.25, 0.3) is 16.9 Å². The summed E-state index contributed by atoms with van der Waals surface area (Å²) >= 11 is 0. The van der Waals surface area contributed by atoms with Gasteiger partial charge < -0.3 is 0 Å². The van der Waals surface area contributed by atoms with E-state index in [0.717, 1.165) is 11.3 Å². The maximum atomic E-state index is 11.9. The molecule has 0 radical (unpaired) electrons. The molecule has 2 aromatic heterocycles. The van der Waals surface area contributed by atoms with Crippen molar-refractivity contribution in [1.29, 1.82) is 0 Å². The number of pyridine rings is 1. The van der Waals surface area contributed by atoms with E-state index in [1.807, 2.05) is 48.5 Å². The third kappa shape index (κ3) is 1.61. The summed E-state index contributed by atoms with van der Waals surface area (Å²) in [5.41, 5.74) is 2.47. The van der Waals surface area contributed by atoms with Gasteiger partial charge in [0.1, 0.15) is 5.65 Å². The van der Waals surface area contributed by atoms with E-state index in [9.17, 15) is 4.79 Å². The van der Waals surface area contributed by atoms with Gasteiger partial charge in [-0.15, -0.1) is 0 Å². The average Bonchev–Trinajstić information content (AvgIpc) is 2.39. The van der Waals surface area contributed by atoms with Gasteiger partial charge in [-0.2, -0.15) is 0 Å². The number of benzene rings is 1. The van der Waals surface area contributed by atoms with Crippen molar-refractivity contribution in [2.24, 2.45) is 0 Å². The number of nitrogens with zero attached hydrogens (tertiary/aromatic N) is 2. The molecule has 0 aliphatic heterocycles. The summed E-state index contributed by atoms with van der Waals surface area (Å²) in [6.07, 6.45) is 1.53. The molecule has 3 aromatic rings. The second-order valence-electron chi connectivity index (χ2n) is 3.75. The first-order valence-corrected chi connectivity index (χ1v) is 5.38. The molecule has 1 aromatic carbocycles. The van der Waals surface area contributed by atoms with Crippen LogP contribution in [0.1, 0.15) is 0 Å². The summed E-state index contributed by atoms with van der Waals surface area (Å²) in [7, 11) is 0. The van der Waals surface area contributed by atoms with Gasteiger partial charge in [-0.1, -0.05) is 36.4 Å². The maximum absolute atomic E-state index is 11.9. The van der Waals surface area contributed by atoms with Crippen molar-refractivity contribution in [2.75, 3.05) is 0 Å². The highest BCUT2D eigenvalue weighted by Crippen LogP contribution is 2.17. The Balaban J connectivity index is 2.42. The minimum absolute atomic E-state index is 0.0607. The van der Waals surface area contributed by atoms with Crippen LogP contribution in [0.15, 0.2) is 65.6 Å². The molecule has 0 spiro atoms. The molecule has 3 nitrogen and oxygen atoms in total. The zero-order valence-electron chi connectivity index (χ0n) is 9.08. The first-order valence-electron chi connectivity index (χ1n) is 5.38. The minimum atomic E-state index is -0.0607. The Hall–Kier alpha value is -2.42. The van der Waals surface area contributed by atoms with Gasteiger partial charge in [0, 0.05) is 12.3 Å². The summed E-state index contributed by atoms with van der Waals surface area (Å²) in [6, 6.07) is 17.0. The van der Waals surface area contributed by atoms with Gasteiger partial charge in [-0.25, -0.2) is 4.98 Å². The van der Waals surface area contributed by atoms with Crippen LogP contribution in [-0.4, -0.2) is 9.38 Å². The van der Waals surface area contributed by atoms with Gasteiger partial charge in [0.2, 0.25) is 0 Å². The van der Waals surface area contributed by atoms with E-state index in [0.29, 0.717) is 5.65 Å². The highest BCUT2D eigenvalue weighted by atomic mass is 16.1. The summed E-state index contributed by atoms with van der Waals surface area (Å²) in [5.74, 6) is 0. The first kappa shape index (κ1) is 9.78. The lowest BCUT2D eigenvalue weighted by molar-refractivity contribution is 1.05. The first-order chi connectivity index (χ1) is 8.36. The lowest BCUT2D eigenvalue weighted by Gasteiger charge is -2.07. The predicted octanol–water partition coefficient (Wildman–Crippen LogP) is 2.36. The number of rotatable bonds is 1. The van der Waals surface area contributed by atoms with E-state index < -0.39 is 0 Å². The summed E-state index contributed by atoms with van der Waals surface area (Å²) < 4.78 is 1.62. The zero-order valence-corrected chi connectivity index (χ0v) is 9.08. The van der Waals surface area contributed by atoms with Crippen molar-refractivity contribution in [3.63, 3.8) is 0 Å². The highest BCUT2D eigenvalue weighted by molar-refractivity contribution is 5.63. The molecule has 0 fully saturated rings. The van der Waals surface area contributed by atoms with E-state index >= 15 is 0 Å². The Morgan fingerprint density at radius 2 is 1.71 bits per heavy atom. The fourth-order valence-electron chi connectivity index (χ4n) is 1.92. The van der Waals surface area contributed by atoms with Crippen LogP contribution in [0, 0.1) is 0 Å². The molecule has 3 rings (SSSR count). The largest absolute Gasteiger partial charge is 0.269 e. The van der Waals surface area contributed by atoms with Gasteiger partial charge in [-0.05, 0) is 17.7 Å². The molecule has 0 aliphatic carbocycles. The molecule has 0 unspecified atom stereocenters. The van der Waals surface area contributed by atoms with Gasteiger partial charge in [0.15, 0.2) is 0 Å². The van der Waals surface area contributed by atoms with E-state index in [1.54, 1.807) is 4.40 Å². The monoisotopic (exact) mass is 222 g/mol.